The second-order valence-electron chi connectivity index (χ2n) is 6.39. The van der Waals surface area contributed by atoms with Crippen LogP contribution in [0.25, 0.3) is 0 Å². The predicted molar refractivity (Wildman–Crippen MR) is 98.5 cm³/mol. The molecule has 0 unspecified atom stereocenters. The fraction of sp³-hybridized carbons (Fsp3) is 0.950. The van der Waals surface area contributed by atoms with Crippen molar-refractivity contribution in [2.45, 2.75) is 124 Å². The smallest absolute Gasteiger partial charge is 0.303 e. The lowest BCUT2D eigenvalue weighted by atomic mass is 10.1. The van der Waals surface area contributed by atoms with Gasteiger partial charge in [-0.3, -0.25) is 4.79 Å². The Balaban J connectivity index is 0. The van der Waals surface area contributed by atoms with Gasteiger partial charge in [-0.2, -0.15) is 0 Å². The summed E-state index contributed by atoms with van der Waals surface area (Å²) in [5, 5.41) is 8.35. The van der Waals surface area contributed by atoms with Crippen molar-refractivity contribution >= 4 is 5.97 Å². The summed E-state index contributed by atoms with van der Waals surface area (Å²) < 4.78 is 0. The highest BCUT2D eigenvalue weighted by Gasteiger charge is 1.95. The van der Waals surface area contributed by atoms with Crippen LogP contribution in [0.3, 0.4) is 0 Å². The minimum absolute atomic E-state index is 0.341. The van der Waals surface area contributed by atoms with Gasteiger partial charge in [-0.25, -0.2) is 0 Å². The topological polar surface area (TPSA) is 37.3 Å². The minimum Gasteiger partial charge on any atom is -0.481 e. The Morgan fingerprint density at radius 3 is 1.09 bits per heavy atom. The van der Waals surface area contributed by atoms with Crippen molar-refractivity contribution in [1.82, 2.24) is 0 Å². The quantitative estimate of drug-likeness (QED) is 0.321. The maximum Gasteiger partial charge on any atom is 0.303 e. The van der Waals surface area contributed by atoms with Crippen molar-refractivity contribution in [2.75, 3.05) is 0 Å². The molecular weight excluding hydrogens is 272 g/mol. The Morgan fingerprint density at radius 2 is 0.818 bits per heavy atom. The monoisotopic (exact) mass is 314 g/mol. The zero-order valence-electron chi connectivity index (χ0n) is 15.7. The van der Waals surface area contributed by atoms with E-state index in [1.165, 1.54) is 83.5 Å². The Bertz CT molecular complexity index is 194. The molecule has 0 saturated carbocycles. The first-order valence-electron chi connectivity index (χ1n) is 9.90. The summed E-state index contributed by atoms with van der Waals surface area (Å²) in [4.78, 5) is 10.1. The second-order valence-corrected chi connectivity index (χ2v) is 6.39. The Kier molecular flexibility index (Phi) is 24.5. The standard InChI is InChI=1S/C10H20O2.C10H22/c1-2-3-4-5-6-7-8-9-10(11)12;1-3-5-7-9-10-8-6-4-2/h2-9H2,1H3,(H,11,12);3-10H2,1-2H3. The first-order chi connectivity index (χ1) is 10.7. The van der Waals surface area contributed by atoms with E-state index in [4.69, 9.17) is 5.11 Å². The second kappa shape index (κ2) is 22.7. The normalized spacial score (nSPS) is 10.1. The Labute approximate surface area is 140 Å². The summed E-state index contributed by atoms with van der Waals surface area (Å²) in [6.07, 6.45) is 20.1. The average Bonchev–Trinajstić information content (AvgIpc) is 2.50. The number of unbranched alkanes of at least 4 members (excludes halogenated alkanes) is 13. The minimum atomic E-state index is -0.663. The molecule has 0 aromatic carbocycles. The molecule has 0 aliphatic heterocycles. The van der Waals surface area contributed by atoms with Crippen molar-refractivity contribution in [1.29, 1.82) is 0 Å². The van der Waals surface area contributed by atoms with Crippen LogP contribution in [0.5, 0.6) is 0 Å². The maximum atomic E-state index is 10.1. The summed E-state index contributed by atoms with van der Waals surface area (Å²) in [7, 11) is 0. The molecule has 22 heavy (non-hydrogen) atoms. The third kappa shape index (κ3) is 27.8. The fourth-order valence-electron chi connectivity index (χ4n) is 2.44. The van der Waals surface area contributed by atoms with Crippen molar-refractivity contribution in [3.8, 4) is 0 Å². The molecule has 0 aromatic rings. The molecule has 0 aromatic heterocycles. The van der Waals surface area contributed by atoms with Gasteiger partial charge in [0.25, 0.3) is 0 Å². The first kappa shape index (κ1) is 23.7. The van der Waals surface area contributed by atoms with E-state index in [0.29, 0.717) is 6.42 Å². The van der Waals surface area contributed by atoms with Crippen LogP contribution in [0, 0.1) is 0 Å². The van der Waals surface area contributed by atoms with Gasteiger partial charge in [0.05, 0.1) is 0 Å². The van der Waals surface area contributed by atoms with Crippen LogP contribution in [-0.4, -0.2) is 11.1 Å². The van der Waals surface area contributed by atoms with Gasteiger partial charge in [-0.15, -0.1) is 0 Å². The van der Waals surface area contributed by atoms with Gasteiger partial charge in [-0.05, 0) is 6.42 Å². The Morgan fingerprint density at radius 1 is 0.545 bits per heavy atom. The number of rotatable bonds is 15. The predicted octanol–water partition coefficient (Wildman–Crippen LogP) is 7.36. The van der Waals surface area contributed by atoms with E-state index in [9.17, 15) is 4.79 Å². The molecule has 0 saturated heterocycles. The maximum absolute atomic E-state index is 10.1. The van der Waals surface area contributed by atoms with Gasteiger partial charge >= 0.3 is 5.97 Å². The SMILES string of the molecule is CCCCCCCCCC.CCCCCCCCCC(=O)O. The number of hydrogen-bond acceptors (Lipinski definition) is 1. The molecule has 0 radical (unpaired) electrons. The van der Waals surface area contributed by atoms with Crippen molar-refractivity contribution in [2.24, 2.45) is 0 Å². The summed E-state index contributed by atoms with van der Waals surface area (Å²) in [6.45, 7) is 6.74. The highest BCUT2D eigenvalue weighted by molar-refractivity contribution is 5.66. The molecular formula is C20H42O2. The van der Waals surface area contributed by atoms with Crippen LogP contribution >= 0.6 is 0 Å². The molecule has 0 aliphatic carbocycles. The van der Waals surface area contributed by atoms with E-state index in [1.807, 2.05) is 0 Å². The lowest BCUT2D eigenvalue weighted by Gasteiger charge is -1.98. The molecule has 0 aliphatic rings. The van der Waals surface area contributed by atoms with E-state index in [0.717, 1.165) is 12.8 Å². The molecule has 134 valence electrons. The molecule has 0 fully saturated rings. The first-order valence-corrected chi connectivity index (χ1v) is 9.90. The van der Waals surface area contributed by atoms with Crippen molar-refractivity contribution < 1.29 is 9.90 Å². The van der Waals surface area contributed by atoms with Gasteiger partial charge < -0.3 is 5.11 Å². The molecule has 0 heterocycles. The molecule has 0 amide bonds. The van der Waals surface area contributed by atoms with Crippen LogP contribution in [0.1, 0.15) is 124 Å². The van der Waals surface area contributed by atoms with Crippen LogP contribution in [-0.2, 0) is 4.79 Å². The van der Waals surface area contributed by atoms with Crippen molar-refractivity contribution in [3.05, 3.63) is 0 Å². The lowest BCUT2D eigenvalue weighted by Crippen LogP contribution is -1.93. The third-order valence-electron chi connectivity index (χ3n) is 3.95. The van der Waals surface area contributed by atoms with E-state index < -0.39 is 5.97 Å². The zero-order chi connectivity index (χ0) is 16.9. The van der Waals surface area contributed by atoms with Crippen LogP contribution < -0.4 is 0 Å². The van der Waals surface area contributed by atoms with E-state index >= 15 is 0 Å². The van der Waals surface area contributed by atoms with Gasteiger partial charge in [0, 0.05) is 6.42 Å². The molecule has 1 N–H and O–H groups in total. The molecule has 2 heteroatoms. The van der Waals surface area contributed by atoms with Gasteiger partial charge in [0.2, 0.25) is 0 Å². The largest absolute Gasteiger partial charge is 0.481 e. The van der Waals surface area contributed by atoms with E-state index in [-0.39, 0.29) is 0 Å². The highest BCUT2D eigenvalue weighted by Crippen LogP contribution is 2.08. The number of carbonyl (C=O) groups is 1. The zero-order valence-corrected chi connectivity index (χ0v) is 15.7. The van der Waals surface area contributed by atoms with Crippen LogP contribution in [0.15, 0.2) is 0 Å². The van der Waals surface area contributed by atoms with Gasteiger partial charge in [0.15, 0.2) is 0 Å². The van der Waals surface area contributed by atoms with Crippen LogP contribution in [0.2, 0.25) is 0 Å². The van der Waals surface area contributed by atoms with E-state index in [2.05, 4.69) is 20.8 Å². The number of carboxylic acid groups (broad SMARTS) is 1. The lowest BCUT2D eigenvalue weighted by molar-refractivity contribution is -0.137. The summed E-state index contributed by atoms with van der Waals surface area (Å²) in [5.74, 6) is -0.663. The molecule has 0 bridgehead atoms. The number of hydrogen-bond donors (Lipinski definition) is 1. The fourth-order valence-corrected chi connectivity index (χ4v) is 2.44. The average molecular weight is 315 g/mol. The number of aliphatic carboxylic acids is 1. The molecule has 0 spiro atoms. The molecule has 2 nitrogen and oxygen atoms in total. The van der Waals surface area contributed by atoms with Crippen molar-refractivity contribution in [3.63, 3.8) is 0 Å². The summed E-state index contributed by atoms with van der Waals surface area (Å²) in [6, 6.07) is 0. The van der Waals surface area contributed by atoms with Gasteiger partial charge in [-0.1, -0.05) is 111 Å². The Hall–Kier alpha value is -0.530. The molecule has 0 rings (SSSR count). The van der Waals surface area contributed by atoms with Crippen LogP contribution in [0.4, 0.5) is 0 Å². The van der Waals surface area contributed by atoms with Gasteiger partial charge in [0.1, 0.15) is 0 Å². The highest BCUT2D eigenvalue weighted by atomic mass is 16.4. The third-order valence-corrected chi connectivity index (χ3v) is 3.95. The number of carboxylic acids is 1. The summed E-state index contributed by atoms with van der Waals surface area (Å²) >= 11 is 0. The molecule has 0 atom stereocenters. The van der Waals surface area contributed by atoms with E-state index in [1.54, 1.807) is 0 Å². The summed E-state index contributed by atoms with van der Waals surface area (Å²) in [5.41, 5.74) is 0.